The molecule has 0 aromatic carbocycles. The van der Waals surface area contributed by atoms with Gasteiger partial charge in [-0.2, -0.15) is 0 Å². The summed E-state index contributed by atoms with van der Waals surface area (Å²) in [6, 6.07) is 4.05. The first-order valence-electron chi connectivity index (χ1n) is 6.03. The van der Waals surface area contributed by atoms with Gasteiger partial charge in [-0.3, -0.25) is 0 Å². The quantitative estimate of drug-likeness (QED) is 0.885. The fraction of sp³-hybridized carbons (Fsp3) is 0.538. The molecule has 2 heterocycles. The molecule has 0 bridgehead atoms. The minimum absolute atomic E-state index is 0.423. The molecule has 4 nitrogen and oxygen atoms in total. The van der Waals surface area contributed by atoms with E-state index in [1.165, 1.54) is 0 Å². The number of H-pyrrole nitrogens is 1. The van der Waals surface area contributed by atoms with Crippen LogP contribution in [0.1, 0.15) is 32.5 Å². The number of anilines is 1. The van der Waals surface area contributed by atoms with Crippen LogP contribution in [-0.2, 0) is 0 Å². The molecular formula is C13H20N4. The van der Waals surface area contributed by atoms with Crippen molar-refractivity contribution in [2.24, 2.45) is 5.92 Å². The fourth-order valence-corrected chi connectivity index (χ4v) is 1.68. The molecule has 0 aliphatic heterocycles. The summed E-state index contributed by atoms with van der Waals surface area (Å²) in [6.45, 7) is 6.60. The number of nitrogens with zero attached hydrogens (tertiary/aromatic N) is 3. The molecule has 1 N–H and O–H groups in total. The van der Waals surface area contributed by atoms with Crippen LogP contribution in [0.5, 0.6) is 0 Å². The molecule has 0 fully saturated rings. The van der Waals surface area contributed by atoms with Crippen LogP contribution >= 0.6 is 0 Å². The van der Waals surface area contributed by atoms with Crippen molar-refractivity contribution >= 4 is 17.0 Å². The highest BCUT2D eigenvalue weighted by atomic mass is 15.1. The molecule has 0 aliphatic carbocycles. The molecule has 17 heavy (non-hydrogen) atoms. The number of pyridine rings is 1. The SMILES string of the molecule is CC(C)C(C)c1nc2nc(N(C)C)ccc2[nH]1. The number of aromatic nitrogens is 3. The first-order chi connectivity index (χ1) is 7.99. The van der Waals surface area contributed by atoms with Crippen LogP contribution in [0.4, 0.5) is 5.82 Å². The zero-order chi connectivity index (χ0) is 12.6. The van der Waals surface area contributed by atoms with Gasteiger partial charge in [-0.1, -0.05) is 20.8 Å². The van der Waals surface area contributed by atoms with E-state index in [9.17, 15) is 0 Å². The molecular weight excluding hydrogens is 212 g/mol. The van der Waals surface area contributed by atoms with Gasteiger partial charge in [0.2, 0.25) is 0 Å². The highest BCUT2D eigenvalue weighted by Gasteiger charge is 2.15. The topological polar surface area (TPSA) is 44.8 Å². The van der Waals surface area contributed by atoms with Gasteiger partial charge in [-0.15, -0.1) is 0 Å². The van der Waals surface area contributed by atoms with Crippen molar-refractivity contribution in [3.05, 3.63) is 18.0 Å². The lowest BCUT2D eigenvalue weighted by atomic mass is 9.98. The lowest BCUT2D eigenvalue weighted by Gasteiger charge is -2.11. The van der Waals surface area contributed by atoms with E-state index in [1.54, 1.807) is 0 Å². The number of imidazole rings is 1. The van der Waals surface area contributed by atoms with E-state index in [1.807, 2.05) is 31.1 Å². The molecule has 0 radical (unpaired) electrons. The lowest BCUT2D eigenvalue weighted by molar-refractivity contribution is 0.515. The van der Waals surface area contributed by atoms with Gasteiger partial charge >= 0.3 is 0 Å². The third kappa shape index (κ3) is 2.25. The number of fused-ring (bicyclic) bond motifs is 1. The zero-order valence-electron chi connectivity index (χ0n) is 11.2. The summed E-state index contributed by atoms with van der Waals surface area (Å²) in [5.74, 6) is 2.96. The van der Waals surface area contributed by atoms with Crippen molar-refractivity contribution < 1.29 is 0 Å². The minimum atomic E-state index is 0.423. The molecule has 1 atom stereocenters. The highest BCUT2D eigenvalue weighted by molar-refractivity contribution is 5.73. The average molecular weight is 232 g/mol. The van der Waals surface area contributed by atoms with Crippen molar-refractivity contribution in [2.75, 3.05) is 19.0 Å². The summed E-state index contributed by atoms with van der Waals surface area (Å²) < 4.78 is 0. The molecule has 1 unspecified atom stereocenters. The Balaban J connectivity index is 2.43. The molecule has 2 aromatic heterocycles. The Morgan fingerprint density at radius 2 is 1.82 bits per heavy atom. The van der Waals surface area contributed by atoms with Crippen LogP contribution in [-0.4, -0.2) is 29.0 Å². The average Bonchev–Trinajstić information content (AvgIpc) is 2.69. The molecule has 4 heteroatoms. The van der Waals surface area contributed by atoms with Crippen LogP contribution in [0.3, 0.4) is 0 Å². The van der Waals surface area contributed by atoms with Crippen molar-refractivity contribution in [3.63, 3.8) is 0 Å². The van der Waals surface area contributed by atoms with Crippen LogP contribution < -0.4 is 4.90 Å². The highest BCUT2D eigenvalue weighted by Crippen LogP contribution is 2.23. The van der Waals surface area contributed by atoms with Crippen molar-refractivity contribution in [3.8, 4) is 0 Å². The second-order valence-electron chi connectivity index (χ2n) is 5.09. The Labute approximate surface area is 102 Å². The largest absolute Gasteiger partial charge is 0.363 e. The van der Waals surface area contributed by atoms with Crippen LogP contribution in [0, 0.1) is 5.92 Å². The summed E-state index contributed by atoms with van der Waals surface area (Å²) in [5, 5.41) is 0. The maximum Gasteiger partial charge on any atom is 0.179 e. The number of nitrogens with one attached hydrogen (secondary N) is 1. The predicted octanol–water partition coefficient (Wildman–Crippen LogP) is 2.78. The Morgan fingerprint density at radius 3 is 2.41 bits per heavy atom. The van der Waals surface area contributed by atoms with Crippen LogP contribution in [0.2, 0.25) is 0 Å². The van der Waals surface area contributed by atoms with E-state index in [-0.39, 0.29) is 0 Å². The van der Waals surface area contributed by atoms with Gasteiger partial charge in [0, 0.05) is 20.0 Å². The Bertz CT molecular complexity index is 513. The Morgan fingerprint density at radius 1 is 1.12 bits per heavy atom. The molecule has 0 aliphatic rings. The smallest absolute Gasteiger partial charge is 0.179 e. The van der Waals surface area contributed by atoms with Gasteiger partial charge in [0.1, 0.15) is 11.6 Å². The summed E-state index contributed by atoms with van der Waals surface area (Å²) in [5.41, 5.74) is 1.82. The second kappa shape index (κ2) is 4.35. The lowest BCUT2D eigenvalue weighted by Crippen LogP contribution is -2.10. The fourth-order valence-electron chi connectivity index (χ4n) is 1.68. The van der Waals surface area contributed by atoms with Gasteiger partial charge in [-0.25, -0.2) is 9.97 Å². The van der Waals surface area contributed by atoms with E-state index < -0.39 is 0 Å². The van der Waals surface area contributed by atoms with Gasteiger partial charge in [0.05, 0.1) is 5.52 Å². The normalized spacial score (nSPS) is 13.3. The number of hydrogen-bond acceptors (Lipinski definition) is 3. The molecule has 2 aromatic rings. The molecule has 0 spiro atoms. The molecule has 0 saturated carbocycles. The van der Waals surface area contributed by atoms with Crippen LogP contribution in [0.25, 0.3) is 11.2 Å². The van der Waals surface area contributed by atoms with Gasteiger partial charge in [0.25, 0.3) is 0 Å². The first-order valence-corrected chi connectivity index (χ1v) is 6.03. The maximum absolute atomic E-state index is 4.58. The summed E-state index contributed by atoms with van der Waals surface area (Å²) in [4.78, 5) is 14.4. The van der Waals surface area contributed by atoms with Gasteiger partial charge < -0.3 is 9.88 Å². The van der Waals surface area contributed by atoms with Crippen molar-refractivity contribution in [2.45, 2.75) is 26.7 Å². The Kier molecular flexibility index (Phi) is 3.05. The monoisotopic (exact) mass is 232 g/mol. The van der Waals surface area contributed by atoms with Crippen LogP contribution in [0.15, 0.2) is 12.1 Å². The van der Waals surface area contributed by atoms with E-state index in [2.05, 4.69) is 35.7 Å². The second-order valence-corrected chi connectivity index (χ2v) is 5.09. The first kappa shape index (κ1) is 11.9. The minimum Gasteiger partial charge on any atom is -0.363 e. The number of hydrogen-bond donors (Lipinski definition) is 1. The molecule has 0 amide bonds. The summed E-state index contributed by atoms with van der Waals surface area (Å²) in [7, 11) is 3.97. The molecule has 0 saturated heterocycles. The third-order valence-corrected chi connectivity index (χ3v) is 3.24. The van der Waals surface area contributed by atoms with E-state index in [0.717, 1.165) is 22.8 Å². The molecule has 92 valence electrons. The number of aromatic amines is 1. The van der Waals surface area contributed by atoms with Gasteiger partial charge in [0.15, 0.2) is 5.65 Å². The van der Waals surface area contributed by atoms with E-state index in [0.29, 0.717) is 11.8 Å². The summed E-state index contributed by atoms with van der Waals surface area (Å²) in [6.07, 6.45) is 0. The summed E-state index contributed by atoms with van der Waals surface area (Å²) >= 11 is 0. The standard InChI is InChI=1S/C13H20N4/c1-8(2)9(3)12-14-10-6-7-11(17(4)5)15-13(10)16-12/h6-9H,1-5H3,(H,14,15,16). The van der Waals surface area contributed by atoms with Gasteiger partial charge in [-0.05, 0) is 18.1 Å². The molecule has 2 rings (SSSR count). The number of rotatable bonds is 3. The zero-order valence-corrected chi connectivity index (χ0v) is 11.2. The van der Waals surface area contributed by atoms with Crippen molar-refractivity contribution in [1.29, 1.82) is 0 Å². The van der Waals surface area contributed by atoms with E-state index in [4.69, 9.17) is 0 Å². The maximum atomic E-state index is 4.58. The van der Waals surface area contributed by atoms with E-state index >= 15 is 0 Å². The van der Waals surface area contributed by atoms with Crippen molar-refractivity contribution in [1.82, 2.24) is 15.0 Å². The third-order valence-electron chi connectivity index (χ3n) is 3.24. The Hall–Kier alpha value is -1.58. The predicted molar refractivity (Wildman–Crippen MR) is 71.5 cm³/mol.